The molecule has 1 fully saturated rings. The zero-order valence-corrected chi connectivity index (χ0v) is 19.0. The summed E-state index contributed by atoms with van der Waals surface area (Å²) < 4.78 is 16.7. The van der Waals surface area contributed by atoms with Gasteiger partial charge in [0.25, 0.3) is 0 Å². The summed E-state index contributed by atoms with van der Waals surface area (Å²) >= 11 is 0. The molecule has 1 aliphatic carbocycles. The molecule has 2 atom stereocenters. The second-order valence-corrected chi connectivity index (χ2v) is 8.67. The molecule has 5 nitrogen and oxygen atoms in total. The first-order valence-electron chi connectivity index (χ1n) is 11.4. The molecule has 0 amide bonds. The van der Waals surface area contributed by atoms with E-state index in [0.29, 0.717) is 6.42 Å². The average molecular weight is 416 g/mol. The van der Waals surface area contributed by atoms with Gasteiger partial charge in [-0.15, -0.1) is 0 Å². The molecule has 5 heteroatoms. The van der Waals surface area contributed by atoms with Gasteiger partial charge in [-0.2, -0.15) is 0 Å². The van der Waals surface area contributed by atoms with E-state index in [4.69, 9.17) is 14.2 Å². The van der Waals surface area contributed by atoms with Crippen molar-refractivity contribution in [3.05, 3.63) is 35.6 Å². The van der Waals surface area contributed by atoms with Crippen molar-refractivity contribution in [2.75, 3.05) is 27.8 Å². The first-order valence-corrected chi connectivity index (χ1v) is 11.4. The van der Waals surface area contributed by atoms with Crippen LogP contribution in [0.2, 0.25) is 0 Å². The first-order chi connectivity index (χ1) is 14.5. The van der Waals surface area contributed by atoms with Gasteiger partial charge >= 0.3 is 5.97 Å². The van der Waals surface area contributed by atoms with Gasteiger partial charge in [0.2, 0.25) is 0 Å². The number of hydrogen-bond acceptors (Lipinski definition) is 5. The molecular formula is C25H37NO4. The molecule has 1 aromatic rings. The fraction of sp³-hybridized carbons (Fsp3) is 0.640. The quantitative estimate of drug-likeness (QED) is 0.387. The van der Waals surface area contributed by atoms with Gasteiger partial charge in [0.05, 0.1) is 14.2 Å². The number of rotatable bonds is 10. The molecule has 3 rings (SSSR count). The predicted octanol–water partition coefficient (Wildman–Crippen LogP) is 5.23. The Labute approximate surface area is 181 Å². The van der Waals surface area contributed by atoms with Crippen LogP contribution in [0.15, 0.2) is 30.0 Å². The summed E-state index contributed by atoms with van der Waals surface area (Å²) in [6.45, 7) is 3.22. The Hall–Kier alpha value is -2.01. The Morgan fingerprint density at radius 3 is 2.60 bits per heavy atom. The van der Waals surface area contributed by atoms with Crippen LogP contribution in [0.4, 0.5) is 0 Å². The van der Waals surface area contributed by atoms with Crippen LogP contribution in [0, 0.1) is 0 Å². The van der Waals surface area contributed by atoms with Crippen molar-refractivity contribution in [2.24, 2.45) is 0 Å². The van der Waals surface area contributed by atoms with Gasteiger partial charge < -0.3 is 14.2 Å². The van der Waals surface area contributed by atoms with Gasteiger partial charge in [-0.05, 0) is 56.6 Å². The molecule has 166 valence electrons. The van der Waals surface area contributed by atoms with Crippen molar-refractivity contribution in [1.82, 2.24) is 4.90 Å². The lowest BCUT2D eigenvalue weighted by Gasteiger charge is -2.40. The molecule has 1 aromatic carbocycles. The standard InChI is InChI=1S/C25H37NO4/c1-5-6-7-8-9-10-24(27)30-20-13-14-25(15-16-26(2)23(25)18-20)19-11-12-21(28-3)22(17-19)29-4/h11-12,17-18,23H,5-10,13-16H2,1-4H3. The highest BCUT2D eigenvalue weighted by molar-refractivity contribution is 5.70. The Bertz CT molecular complexity index is 760. The number of benzene rings is 1. The zero-order chi connectivity index (χ0) is 21.6. The van der Waals surface area contributed by atoms with Crippen LogP contribution in [-0.2, 0) is 14.9 Å². The molecule has 0 N–H and O–H groups in total. The first kappa shape index (κ1) is 22.7. The minimum Gasteiger partial charge on any atom is -0.493 e. The number of methoxy groups -OCH3 is 2. The summed E-state index contributed by atoms with van der Waals surface area (Å²) in [6.07, 6.45) is 11.2. The van der Waals surface area contributed by atoms with E-state index in [1.54, 1.807) is 14.2 Å². The minimum atomic E-state index is -0.0861. The van der Waals surface area contributed by atoms with Gasteiger partial charge in [0.15, 0.2) is 11.5 Å². The van der Waals surface area contributed by atoms with Crippen molar-refractivity contribution in [3.8, 4) is 11.5 Å². The fourth-order valence-corrected chi connectivity index (χ4v) is 5.01. The van der Waals surface area contributed by atoms with Gasteiger partial charge in [-0.3, -0.25) is 9.69 Å². The Morgan fingerprint density at radius 1 is 1.10 bits per heavy atom. The number of likely N-dealkylation sites (tertiary alicyclic amines) is 1. The van der Waals surface area contributed by atoms with E-state index in [9.17, 15) is 4.79 Å². The molecule has 1 heterocycles. The van der Waals surface area contributed by atoms with Crippen molar-refractivity contribution in [1.29, 1.82) is 0 Å². The molecule has 0 aromatic heterocycles. The minimum absolute atomic E-state index is 0.0182. The molecule has 0 radical (unpaired) electrons. The lowest BCUT2D eigenvalue weighted by molar-refractivity contribution is -0.140. The predicted molar refractivity (Wildman–Crippen MR) is 119 cm³/mol. The average Bonchev–Trinajstić information content (AvgIpc) is 3.10. The van der Waals surface area contributed by atoms with Crippen LogP contribution in [0.25, 0.3) is 0 Å². The molecule has 30 heavy (non-hydrogen) atoms. The maximum absolute atomic E-state index is 12.3. The topological polar surface area (TPSA) is 48.0 Å². The van der Waals surface area contributed by atoms with Crippen molar-refractivity contribution < 1.29 is 19.0 Å². The molecule has 2 unspecified atom stereocenters. The number of esters is 1. The number of likely N-dealkylation sites (N-methyl/N-ethyl adjacent to an activating group) is 1. The second kappa shape index (κ2) is 10.3. The number of unbranched alkanes of at least 4 members (excludes halogenated alkanes) is 4. The van der Waals surface area contributed by atoms with Crippen molar-refractivity contribution >= 4 is 5.97 Å². The van der Waals surface area contributed by atoms with Crippen LogP contribution in [0.3, 0.4) is 0 Å². The van der Waals surface area contributed by atoms with Gasteiger partial charge in [0.1, 0.15) is 5.76 Å². The lowest BCUT2D eigenvalue weighted by Crippen LogP contribution is -2.42. The van der Waals surface area contributed by atoms with Crippen LogP contribution >= 0.6 is 0 Å². The molecule has 0 bridgehead atoms. The smallest absolute Gasteiger partial charge is 0.310 e. The second-order valence-electron chi connectivity index (χ2n) is 8.67. The normalized spacial score (nSPS) is 23.6. The summed E-state index contributed by atoms with van der Waals surface area (Å²) in [5.41, 5.74) is 1.29. The van der Waals surface area contributed by atoms with Crippen LogP contribution in [0.1, 0.15) is 70.3 Å². The summed E-state index contributed by atoms with van der Waals surface area (Å²) in [4.78, 5) is 14.7. The molecule has 0 spiro atoms. The number of allylic oxidation sites excluding steroid dienone is 1. The Kier molecular flexibility index (Phi) is 7.81. The lowest BCUT2D eigenvalue weighted by atomic mass is 9.68. The molecular weight excluding hydrogens is 378 g/mol. The maximum atomic E-state index is 12.3. The fourth-order valence-electron chi connectivity index (χ4n) is 5.01. The van der Waals surface area contributed by atoms with Crippen LogP contribution in [-0.4, -0.2) is 44.7 Å². The number of carbonyl (C=O) groups is 1. The highest BCUT2D eigenvalue weighted by Gasteiger charge is 2.48. The summed E-state index contributed by atoms with van der Waals surface area (Å²) in [7, 11) is 5.50. The van der Waals surface area contributed by atoms with Gasteiger partial charge in [-0.1, -0.05) is 38.7 Å². The van der Waals surface area contributed by atoms with Crippen molar-refractivity contribution in [2.45, 2.75) is 76.2 Å². The monoisotopic (exact) mass is 415 g/mol. The Balaban J connectivity index is 1.71. The zero-order valence-electron chi connectivity index (χ0n) is 19.0. The number of ether oxygens (including phenoxy) is 3. The highest BCUT2D eigenvalue weighted by atomic mass is 16.5. The molecule has 1 aliphatic heterocycles. The summed E-state index contributed by atoms with van der Waals surface area (Å²) in [5, 5.41) is 0. The van der Waals surface area contributed by atoms with E-state index in [0.717, 1.165) is 55.9 Å². The van der Waals surface area contributed by atoms with Crippen molar-refractivity contribution in [3.63, 3.8) is 0 Å². The van der Waals surface area contributed by atoms with E-state index in [2.05, 4.69) is 37.1 Å². The molecule has 1 saturated heterocycles. The third kappa shape index (κ3) is 4.83. The molecule has 0 saturated carbocycles. The van der Waals surface area contributed by atoms with E-state index in [-0.39, 0.29) is 17.4 Å². The van der Waals surface area contributed by atoms with Gasteiger partial charge in [-0.25, -0.2) is 0 Å². The highest BCUT2D eigenvalue weighted by Crippen LogP contribution is 2.49. The molecule has 2 aliphatic rings. The third-order valence-corrected chi connectivity index (χ3v) is 6.80. The summed E-state index contributed by atoms with van der Waals surface area (Å²) in [5.74, 6) is 2.27. The number of carbonyl (C=O) groups excluding carboxylic acids is 1. The third-order valence-electron chi connectivity index (χ3n) is 6.80. The number of hydrogen-bond donors (Lipinski definition) is 0. The number of fused-ring (bicyclic) bond motifs is 1. The van der Waals surface area contributed by atoms with Crippen LogP contribution in [0.5, 0.6) is 11.5 Å². The SMILES string of the molecule is CCCCCCCC(=O)OC1=CC2N(C)CCC2(c2ccc(OC)c(OC)c2)CC1. The van der Waals surface area contributed by atoms with E-state index >= 15 is 0 Å². The number of nitrogens with zero attached hydrogens (tertiary/aromatic N) is 1. The summed E-state index contributed by atoms with van der Waals surface area (Å²) in [6, 6.07) is 6.49. The van der Waals surface area contributed by atoms with E-state index < -0.39 is 0 Å². The van der Waals surface area contributed by atoms with E-state index in [1.807, 2.05) is 6.07 Å². The maximum Gasteiger partial charge on any atom is 0.310 e. The Morgan fingerprint density at radius 2 is 1.87 bits per heavy atom. The van der Waals surface area contributed by atoms with Gasteiger partial charge in [0, 0.05) is 24.3 Å². The van der Waals surface area contributed by atoms with E-state index in [1.165, 1.54) is 24.8 Å². The van der Waals surface area contributed by atoms with Crippen LogP contribution < -0.4 is 9.47 Å². The largest absolute Gasteiger partial charge is 0.493 e.